The lowest BCUT2D eigenvalue weighted by Gasteiger charge is -2.28. The molecule has 1 atom stereocenters. The van der Waals surface area contributed by atoms with Gasteiger partial charge in [-0.05, 0) is 56.5 Å². The fraction of sp³-hybridized carbons (Fsp3) is 0.381. The molecule has 6 nitrogen and oxygen atoms in total. The maximum absolute atomic E-state index is 12.5. The summed E-state index contributed by atoms with van der Waals surface area (Å²) >= 11 is 0. The Bertz CT molecular complexity index is 878. The van der Waals surface area contributed by atoms with Gasteiger partial charge in [0.2, 0.25) is 15.9 Å². The van der Waals surface area contributed by atoms with Crippen molar-refractivity contribution in [1.82, 2.24) is 5.32 Å². The molecule has 0 aliphatic carbocycles. The number of hydrogen-bond donors (Lipinski definition) is 1. The molecule has 2 aromatic rings. The first-order valence-electron chi connectivity index (χ1n) is 9.19. The normalized spacial score (nSPS) is 12.3. The van der Waals surface area contributed by atoms with Crippen LogP contribution in [0.15, 0.2) is 48.5 Å². The Labute approximate surface area is 167 Å². The molecule has 28 heavy (non-hydrogen) atoms. The maximum atomic E-state index is 12.5. The van der Waals surface area contributed by atoms with Crippen molar-refractivity contribution < 1.29 is 17.9 Å². The minimum atomic E-state index is -3.63. The zero-order valence-corrected chi connectivity index (χ0v) is 17.6. The minimum Gasteiger partial charge on any atom is -0.497 e. The zero-order chi connectivity index (χ0) is 20.7. The van der Waals surface area contributed by atoms with Gasteiger partial charge in [0.05, 0.1) is 19.1 Å². The summed E-state index contributed by atoms with van der Waals surface area (Å²) in [7, 11) is -2.09. The molecule has 0 fully saturated rings. The van der Waals surface area contributed by atoms with Gasteiger partial charge in [-0.15, -0.1) is 0 Å². The van der Waals surface area contributed by atoms with Crippen molar-refractivity contribution in [1.29, 1.82) is 0 Å². The van der Waals surface area contributed by atoms with Gasteiger partial charge in [-0.2, -0.15) is 0 Å². The molecule has 0 saturated carbocycles. The van der Waals surface area contributed by atoms with Gasteiger partial charge in [-0.3, -0.25) is 9.10 Å². The number of carbonyl (C=O) groups excluding carboxylic acids is 1. The topological polar surface area (TPSA) is 75.7 Å². The molecule has 0 saturated heterocycles. The van der Waals surface area contributed by atoms with Crippen LogP contribution in [0.5, 0.6) is 5.75 Å². The predicted octanol–water partition coefficient (Wildman–Crippen LogP) is 2.91. The summed E-state index contributed by atoms with van der Waals surface area (Å²) in [4.78, 5) is 12.5. The number of rotatable bonds is 9. The molecular formula is C21H28N2O4S. The van der Waals surface area contributed by atoms with Gasteiger partial charge in [0, 0.05) is 6.54 Å². The fourth-order valence-electron chi connectivity index (χ4n) is 2.94. The average molecular weight is 405 g/mol. The molecule has 1 amide bonds. The van der Waals surface area contributed by atoms with E-state index < -0.39 is 16.1 Å². The third-order valence-electron chi connectivity index (χ3n) is 4.48. The van der Waals surface area contributed by atoms with Crippen molar-refractivity contribution >= 4 is 21.6 Å². The van der Waals surface area contributed by atoms with E-state index in [-0.39, 0.29) is 5.91 Å². The van der Waals surface area contributed by atoms with E-state index in [0.717, 1.165) is 23.4 Å². The van der Waals surface area contributed by atoms with Crippen LogP contribution in [0.2, 0.25) is 0 Å². The number of sulfonamides is 1. The first-order chi connectivity index (χ1) is 13.2. The number of benzene rings is 2. The van der Waals surface area contributed by atoms with Crippen LogP contribution in [0.3, 0.4) is 0 Å². The van der Waals surface area contributed by atoms with Gasteiger partial charge >= 0.3 is 0 Å². The number of aryl methyl sites for hydroxylation is 2. The van der Waals surface area contributed by atoms with E-state index in [4.69, 9.17) is 4.74 Å². The first kappa shape index (κ1) is 21.8. The summed E-state index contributed by atoms with van der Waals surface area (Å²) in [6, 6.07) is 14.0. The molecule has 0 heterocycles. The quantitative estimate of drug-likeness (QED) is 0.652. The van der Waals surface area contributed by atoms with Gasteiger partial charge in [-0.1, -0.05) is 29.8 Å². The highest BCUT2D eigenvalue weighted by atomic mass is 32.2. The van der Waals surface area contributed by atoms with Crippen molar-refractivity contribution in [2.45, 2.75) is 32.7 Å². The number of carbonyl (C=O) groups is 1. The van der Waals surface area contributed by atoms with E-state index in [9.17, 15) is 13.2 Å². The van der Waals surface area contributed by atoms with E-state index in [1.165, 1.54) is 18.2 Å². The summed E-state index contributed by atoms with van der Waals surface area (Å²) in [5, 5.41) is 2.84. The first-order valence-corrected chi connectivity index (χ1v) is 11.0. The standard InChI is InChI=1S/C21H28N2O4S/c1-16-7-9-18(10-8-16)6-5-15-22-21(24)17(2)23(28(4,25)26)19-11-13-20(27-3)14-12-19/h7-14,17H,5-6,15H2,1-4H3,(H,22,24)/t17-/m1/s1. The van der Waals surface area contributed by atoms with Gasteiger partial charge in [0.15, 0.2) is 0 Å². The number of ether oxygens (including phenoxy) is 1. The van der Waals surface area contributed by atoms with E-state index >= 15 is 0 Å². The van der Waals surface area contributed by atoms with E-state index in [2.05, 4.69) is 29.6 Å². The van der Waals surface area contributed by atoms with Crippen LogP contribution < -0.4 is 14.4 Å². The second-order valence-electron chi connectivity index (χ2n) is 6.81. The molecule has 152 valence electrons. The summed E-state index contributed by atoms with van der Waals surface area (Å²) in [5.41, 5.74) is 2.85. The molecule has 0 radical (unpaired) electrons. The molecular weight excluding hydrogens is 376 g/mol. The van der Waals surface area contributed by atoms with Crippen molar-refractivity contribution in [3.8, 4) is 5.75 Å². The molecule has 0 spiro atoms. The Morgan fingerprint density at radius 3 is 2.25 bits per heavy atom. The van der Waals surface area contributed by atoms with Crippen molar-refractivity contribution in [3.05, 3.63) is 59.7 Å². The molecule has 0 unspecified atom stereocenters. The van der Waals surface area contributed by atoms with Crippen molar-refractivity contribution in [3.63, 3.8) is 0 Å². The lowest BCUT2D eigenvalue weighted by Crippen LogP contribution is -2.48. The number of anilines is 1. The van der Waals surface area contributed by atoms with Crippen LogP contribution in [-0.2, 0) is 21.2 Å². The molecule has 2 aromatic carbocycles. The molecule has 7 heteroatoms. The molecule has 2 rings (SSSR count). The van der Waals surface area contributed by atoms with Crippen LogP contribution in [0.4, 0.5) is 5.69 Å². The summed E-state index contributed by atoms with van der Waals surface area (Å²) < 4.78 is 30.8. The molecule has 0 aliphatic rings. The third-order valence-corrected chi connectivity index (χ3v) is 5.72. The van der Waals surface area contributed by atoms with E-state index in [0.29, 0.717) is 18.0 Å². The highest BCUT2D eigenvalue weighted by molar-refractivity contribution is 7.92. The molecule has 1 N–H and O–H groups in total. The van der Waals surface area contributed by atoms with Crippen LogP contribution >= 0.6 is 0 Å². The smallest absolute Gasteiger partial charge is 0.243 e. The second kappa shape index (κ2) is 9.59. The predicted molar refractivity (Wildman–Crippen MR) is 112 cm³/mol. The lowest BCUT2D eigenvalue weighted by molar-refractivity contribution is -0.121. The van der Waals surface area contributed by atoms with Gasteiger partial charge < -0.3 is 10.1 Å². The zero-order valence-electron chi connectivity index (χ0n) is 16.8. The Morgan fingerprint density at radius 1 is 1.11 bits per heavy atom. The number of methoxy groups -OCH3 is 1. The third kappa shape index (κ3) is 5.99. The molecule has 0 aromatic heterocycles. The van der Waals surface area contributed by atoms with Gasteiger partial charge in [-0.25, -0.2) is 8.42 Å². The molecule has 0 aliphatic heterocycles. The fourth-order valence-corrected chi connectivity index (χ4v) is 4.12. The highest BCUT2D eigenvalue weighted by Crippen LogP contribution is 2.23. The maximum Gasteiger partial charge on any atom is 0.243 e. The summed E-state index contributed by atoms with van der Waals surface area (Å²) in [5.74, 6) is 0.288. The van der Waals surface area contributed by atoms with Crippen LogP contribution in [0.1, 0.15) is 24.5 Å². The lowest BCUT2D eigenvalue weighted by atomic mass is 10.1. The Kier molecular flexibility index (Phi) is 7.45. The average Bonchev–Trinajstić information content (AvgIpc) is 2.66. The summed E-state index contributed by atoms with van der Waals surface area (Å²) in [6.07, 6.45) is 2.73. The van der Waals surface area contributed by atoms with Gasteiger partial charge in [0.25, 0.3) is 0 Å². The summed E-state index contributed by atoms with van der Waals surface area (Å²) in [6.45, 7) is 4.11. The number of nitrogens with one attached hydrogen (secondary N) is 1. The van der Waals surface area contributed by atoms with Crippen LogP contribution in [0.25, 0.3) is 0 Å². The Morgan fingerprint density at radius 2 is 1.71 bits per heavy atom. The van der Waals surface area contributed by atoms with Crippen LogP contribution in [-0.4, -0.2) is 40.3 Å². The molecule has 0 bridgehead atoms. The van der Waals surface area contributed by atoms with Crippen LogP contribution in [0, 0.1) is 6.92 Å². The minimum absolute atomic E-state index is 0.329. The number of amides is 1. The van der Waals surface area contributed by atoms with E-state index in [1.807, 2.05) is 6.92 Å². The Hall–Kier alpha value is -2.54. The SMILES string of the molecule is COc1ccc(N([C@H](C)C(=O)NCCCc2ccc(C)cc2)S(C)(=O)=O)cc1. The second-order valence-corrected chi connectivity index (χ2v) is 8.67. The highest BCUT2D eigenvalue weighted by Gasteiger charge is 2.28. The number of nitrogens with zero attached hydrogens (tertiary/aromatic N) is 1. The Balaban J connectivity index is 1.97. The van der Waals surface area contributed by atoms with Gasteiger partial charge in [0.1, 0.15) is 11.8 Å². The monoisotopic (exact) mass is 404 g/mol. The van der Waals surface area contributed by atoms with E-state index in [1.54, 1.807) is 31.2 Å². The number of hydrogen-bond acceptors (Lipinski definition) is 4. The van der Waals surface area contributed by atoms with Crippen molar-refractivity contribution in [2.75, 3.05) is 24.2 Å². The van der Waals surface area contributed by atoms with Crippen molar-refractivity contribution in [2.24, 2.45) is 0 Å². The largest absolute Gasteiger partial charge is 0.497 e.